The second-order valence-electron chi connectivity index (χ2n) is 6.08. The van der Waals surface area contributed by atoms with Gasteiger partial charge in [-0.1, -0.05) is 26.8 Å². The monoisotopic (exact) mass is 269 g/mol. The molecule has 0 spiro atoms. The maximum Gasteiger partial charge on any atom is 0.200 e. The third kappa shape index (κ3) is 2.68. The van der Waals surface area contributed by atoms with Crippen LogP contribution in [0, 0.1) is 28.2 Å². The molecule has 1 aromatic carbocycles. The zero-order valence-corrected chi connectivity index (χ0v) is 12.3. The summed E-state index contributed by atoms with van der Waals surface area (Å²) in [6.07, 6.45) is 2.04. The van der Waals surface area contributed by atoms with Crippen LogP contribution in [0.15, 0.2) is 24.3 Å². The Morgan fingerprint density at radius 3 is 2.55 bits per heavy atom. The SMILES string of the molecule is CC(N1C(Nc2cccc(C#N)c2)N1C#N)C(C)(C)C. The first kappa shape index (κ1) is 14.2. The summed E-state index contributed by atoms with van der Waals surface area (Å²) in [6, 6.07) is 9.62. The summed E-state index contributed by atoms with van der Waals surface area (Å²) in [5.74, 6) is 0. The molecule has 20 heavy (non-hydrogen) atoms. The average Bonchev–Trinajstić information content (AvgIpc) is 3.09. The zero-order valence-electron chi connectivity index (χ0n) is 12.3. The molecule has 2 rings (SSSR count). The number of nitriles is 2. The predicted octanol–water partition coefficient (Wildman–Crippen LogP) is 2.70. The molecular weight excluding hydrogens is 250 g/mol. The van der Waals surface area contributed by atoms with E-state index in [0.29, 0.717) is 5.56 Å². The fourth-order valence-electron chi connectivity index (χ4n) is 2.04. The molecule has 1 aromatic rings. The van der Waals surface area contributed by atoms with E-state index in [1.807, 2.05) is 17.1 Å². The maximum absolute atomic E-state index is 9.18. The van der Waals surface area contributed by atoms with Crippen molar-refractivity contribution in [2.45, 2.75) is 40.0 Å². The molecule has 0 saturated carbocycles. The molecular formula is C15H19N5. The van der Waals surface area contributed by atoms with Crippen LogP contribution in [0.25, 0.3) is 0 Å². The van der Waals surface area contributed by atoms with E-state index >= 15 is 0 Å². The third-order valence-electron chi connectivity index (χ3n) is 3.72. The molecule has 0 aromatic heterocycles. The maximum atomic E-state index is 9.18. The molecule has 0 amide bonds. The van der Waals surface area contributed by atoms with Crippen LogP contribution in [0.5, 0.6) is 0 Å². The normalized spacial score (nSPS) is 22.6. The van der Waals surface area contributed by atoms with Gasteiger partial charge in [0.1, 0.15) is 0 Å². The molecule has 3 atom stereocenters. The van der Waals surface area contributed by atoms with Crippen LogP contribution < -0.4 is 5.32 Å². The third-order valence-corrected chi connectivity index (χ3v) is 3.72. The van der Waals surface area contributed by atoms with Crippen molar-refractivity contribution >= 4 is 5.69 Å². The van der Waals surface area contributed by atoms with Gasteiger partial charge in [-0.25, -0.2) is 0 Å². The van der Waals surface area contributed by atoms with Crippen LogP contribution in [0.2, 0.25) is 0 Å². The fourth-order valence-corrected chi connectivity index (χ4v) is 2.04. The van der Waals surface area contributed by atoms with E-state index in [0.717, 1.165) is 5.69 Å². The van der Waals surface area contributed by atoms with E-state index in [4.69, 9.17) is 5.26 Å². The molecule has 1 fully saturated rings. The lowest BCUT2D eigenvalue weighted by atomic mass is 9.88. The van der Waals surface area contributed by atoms with Crippen LogP contribution in [0.4, 0.5) is 5.69 Å². The van der Waals surface area contributed by atoms with Crippen LogP contribution in [-0.4, -0.2) is 22.3 Å². The molecule has 104 valence electrons. The van der Waals surface area contributed by atoms with Crippen LogP contribution in [0.1, 0.15) is 33.3 Å². The number of anilines is 1. The van der Waals surface area contributed by atoms with Gasteiger partial charge < -0.3 is 5.32 Å². The number of nitrogens with one attached hydrogen (secondary N) is 1. The van der Waals surface area contributed by atoms with Crippen molar-refractivity contribution in [1.82, 2.24) is 10.0 Å². The fraction of sp³-hybridized carbons (Fsp3) is 0.467. The summed E-state index contributed by atoms with van der Waals surface area (Å²) < 4.78 is 0. The number of nitrogens with zero attached hydrogens (tertiary/aromatic N) is 4. The van der Waals surface area contributed by atoms with E-state index in [-0.39, 0.29) is 17.7 Å². The summed E-state index contributed by atoms with van der Waals surface area (Å²) in [6.45, 7) is 8.56. The van der Waals surface area contributed by atoms with Crippen LogP contribution in [-0.2, 0) is 0 Å². The number of benzene rings is 1. The highest BCUT2D eigenvalue weighted by Gasteiger charge is 2.51. The lowest BCUT2D eigenvalue weighted by molar-refractivity contribution is 0.169. The number of hydrogen-bond donors (Lipinski definition) is 1. The first-order valence-electron chi connectivity index (χ1n) is 6.62. The van der Waals surface area contributed by atoms with E-state index < -0.39 is 0 Å². The van der Waals surface area contributed by atoms with Gasteiger partial charge in [0.25, 0.3) is 0 Å². The lowest BCUT2D eigenvalue weighted by Crippen LogP contribution is -2.33. The van der Waals surface area contributed by atoms with Crippen molar-refractivity contribution in [3.05, 3.63) is 29.8 Å². The Bertz CT molecular complexity index is 575. The highest BCUT2D eigenvalue weighted by molar-refractivity contribution is 5.50. The Labute approximate surface area is 120 Å². The molecule has 0 radical (unpaired) electrons. The van der Waals surface area contributed by atoms with Gasteiger partial charge in [-0.15, -0.1) is 0 Å². The van der Waals surface area contributed by atoms with Gasteiger partial charge in [-0.05, 0) is 30.5 Å². The van der Waals surface area contributed by atoms with Gasteiger partial charge in [0.15, 0.2) is 12.5 Å². The van der Waals surface area contributed by atoms with Crippen LogP contribution >= 0.6 is 0 Å². The molecule has 5 heteroatoms. The van der Waals surface area contributed by atoms with Crippen molar-refractivity contribution in [3.63, 3.8) is 0 Å². The standard InChI is InChI=1S/C15H19N5/c1-11(15(2,3)4)20-14(19(20)10-17)18-13-7-5-6-12(8-13)9-16/h5-8,11,14,18H,1-4H3. The Balaban J connectivity index is 2.11. The molecule has 1 aliphatic heterocycles. The number of rotatable bonds is 3. The van der Waals surface area contributed by atoms with Crippen molar-refractivity contribution in [1.29, 1.82) is 10.5 Å². The molecule has 1 heterocycles. The second kappa shape index (κ2) is 5.03. The first-order valence-corrected chi connectivity index (χ1v) is 6.62. The quantitative estimate of drug-likeness (QED) is 0.675. The Hall–Kier alpha value is -2.24. The van der Waals surface area contributed by atoms with Gasteiger partial charge in [0.2, 0.25) is 0 Å². The topological polar surface area (TPSA) is 65.6 Å². The summed E-state index contributed by atoms with van der Waals surface area (Å²) in [5, 5.41) is 25.0. The predicted molar refractivity (Wildman–Crippen MR) is 76.8 cm³/mol. The summed E-state index contributed by atoms with van der Waals surface area (Å²) >= 11 is 0. The summed E-state index contributed by atoms with van der Waals surface area (Å²) in [7, 11) is 0. The van der Waals surface area contributed by atoms with E-state index in [9.17, 15) is 5.26 Å². The molecule has 1 saturated heterocycles. The summed E-state index contributed by atoms with van der Waals surface area (Å²) in [5.41, 5.74) is 1.53. The van der Waals surface area contributed by atoms with Gasteiger partial charge in [0, 0.05) is 11.7 Å². The van der Waals surface area contributed by atoms with Crippen molar-refractivity contribution in [2.24, 2.45) is 5.41 Å². The van der Waals surface area contributed by atoms with E-state index in [2.05, 4.69) is 45.3 Å². The zero-order chi connectivity index (χ0) is 14.9. The van der Waals surface area contributed by atoms with Gasteiger partial charge >= 0.3 is 0 Å². The summed E-state index contributed by atoms with van der Waals surface area (Å²) in [4.78, 5) is 0. The number of hydrogen-bond acceptors (Lipinski definition) is 5. The Morgan fingerprint density at radius 2 is 2.00 bits per heavy atom. The molecule has 0 aliphatic carbocycles. The van der Waals surface area contributed by atoms with Crippen molar-refractivity contribution in [3.8, 4) is 12.3 Å². The van der Waals surface area contributed by atoms with Crippen molar-refractivity contribution in [2.75, 3.05) is 5.32 Å². The van der Waals surface area contributed by atoms with E-state index in [1.165, 1.54) is 0 Å². The Kier molecular flexibility index (Phi) is 3.57. The van der Waals surface area contributed by atoms with Gasteiger partial charge in [-0.2, -0.15) is 20.5 Å². The van der Waals surface area contributed by atoms with Gasteiger partial charge in [0.05, 0.1) is 11.6 Å². The first-order chi connectivity index (χ1) is 9.38. The molecule has 1 N–H and O–H groups in total. The minimum absolute atomic E-state index is 0.0834. The highest BCUT2D eigenvalue weighted by atomic mass is 15.9. The molecule has 1 aliphatic rings. The average molecular weight is 269 g/mol. The smallest absolute Gasteiger partial charge is 0.200 e. The highest BCUT2D eigenvalue weighted by Crippen LogP contribution is 2.36. The molecule has 0 bridgehead atoms. The largest absolute Gasteiger partial charge is 0.350 e. The van der Waals surface area contributed by atoms with Crippen molar-refractivity contribution < 1.29 is 0 Å². The van der Waals surface area contributed by atoms with Gasteiger partial charge in [-0.3, -0.25) is 0 Å². The van der Waals surface area contributed by atoms with Crippen LogP contribution in [0.3, 0.4) is 0 Å². The molecule has 3 unspecified atom stereocenters. The molecule has 5 nitrogen and oxygen atoms in total. The van der Waals surface area contributed by atoms with E-state index in [1.54, 1.807) is 17.1 Å². The lowest BCUT2D eigenvalue weighted by Gasteiger charge is -2.27. The minimum Gasteiger partial charge on any atom is -0.350 e. The second-order valence-corrected chi connectivity index (χ2v) is 6.08. The Morgan fingerprint density at radius 1 is 1.30 bits per heavy atom. The number of hydrazine groups is 1. The minimum atomic E-state index is -0.136.